The first-order valence-electron chi connectivity index (χ1n) is 6.16. The standard InChI is InChI=1S/C15H17N3O2/c1-11-6-5-7-12(10-11)8-9-13(17-18-16)20-14(19)15(2,3)4/h5-7,10,13H,1-4H3. The minimum Gasteiger partial charge on any atom is -0.442 e. The van der Waals surface area contributed by atoms with E-state index in [1.807, 2.05) is 31.2 Å². The van der Waals surface area contributed by atoms with Crippen molar-refractivity contribution in [1.82, 2.24) is 0 Å². The molecule has 0 radical (unpaired) electrons. The quantitative estimate of drug-likeness (QED) is 0.271. The Hall–Kier alpha value is -2.44. The molecule has 0 saturated carbocycles. The predicted octanol–water partition coefficient (Wildman–Crippen LogP) is 3.57. The van der Waals surface area contributed by atoms with Crippen molar-refractivity contribution in [2.45, 2.75) is 33.9 Å². The van der Waals surface area contributed by atoms with E-state index < -0.39 is 17.6 Å². The van der Waals surface area contributed by atoms with Crippen LogP contribution in [0.1, 0.15) is 31.9 Å². The van der Waals surface area contributed by atoms with Crippen LogP contribution < -0.4 is 0 Å². The Labute approximate surface area is 118 Å². The van der Waals surface area contributed by atoms with Crippen molar-refractivity contribution < 1.29 is 9.53 Å². The van der Waals surface area contributed by atoms with E-state index in [0.29, 0.717) is 0 Å². The molecule has 0 aliphatic rings. The van der Waals surface area contributed by atoms with Gasteiger partial charge in [-0.05, 0) is 62.0 Å². The van der Waals surface area contributed by atoms with Gasteiger partial charge in [0.25, 0.3) is 0 Å². The molecule has 1 atom stereocenters. The number of benzene rings is 1. The molecule has 1 unspecified atom stereocenters. The number of rotatable bonds is 2. The molecular formula is C15H17N3O2. The Bertz CT molecular complexity index is 600. The van der Waals surface area contributed by atoms with Crippen molar-refractivity contribution in [3.8, 4) is 11.8 Å². The van der Waals surface area contributed by atoms with Crippen molar-refractivity contribution in [2.24, 2.45) is 10.5 Å². The van der Waals surface area contributed by atoms with Crippen molar-refractivity contribution in [3.63, 3.8) is 0 Å². The summed E-state index contributed by atoms with van der Waals surface area (Å²) in [4.78, 5) is 14.4. The highest BCUT2D eigenvalue weighted by molar-refractivity contribution is 5.75. The van der Waals surface area contributed by atoms with Gasteiger partial charge >= 0.3 is 5.97 Å². The zero-order chi connectivity index (χ0) is 15.2. The fraction of sp³-hybridized carbons (Fsp3) is 0.400. The van der Waals surface area contributed by atoms with Crippen LogP contribution in [0.2, 0.25) is 0 Å². The van der Waals surface area contributed by atoms with Crippen molar-refractivity contribution >= 4 is 5.97 Å². The van der Waals surface area contributed by atoms with Crippen LogP contribution in [0.15, 0.2) is 29.4 Å². The Balaban J connectivity index is 2.89. The SMILES string of the molecule is Cc1cccc(C#CC(N=[N+]=[N-])OC(=O)C(C)(C)C)c1. The minimum atomic E-state index is -1.12. The lowest BCUT2D eigenvalue weighted by atomic mass is 9.97. The van der Waals surface area contributed by atoms with Crippen LogP contribution in [0.25, 0.3) is 10.4 Å². The summed E-state index contributed by atoms with van der Waals surface area (Å²) < 4.78 is 5.07. The molecule has 0 aliphatic heterocycles. The van der Waals surface area contributed by atoms with Gasteiger partial charge < -0.3 is 4.74 Å². The highest BCUT2D eigenvalue weighted by atomic mass is 16.6. The summed E-state index contributed by atoms with van der Waals surface area (Å²) in [6, 6.07) is 7.56. The highest BCUT2D eigenvalue weighted by Gasteiger charge is 2.25. The third-order valence-corrected chi connectivity index (χ3v) is 2.35. The Morgan fingerprint density at radius 1 is 1.45 bits per heavy atom. The van der Waals surface area contributed by atoms with Crippen LogP contribution in [0.5, 0.6) is 0 Å². The van der Waals surface area contributed by atoms with E-state index >= 15 is 0 Å². The van der Waals surface area contributed by atoms with Crippen LogP contribution >= 0.6 is 0 Å². The van der Waals surface area contributed by atoms with Crippen LogP contribution in [-0.4, -0.2) is 12.2 Å². The Kier molecular flexibility index (Phi) is 5.19. The zero-order valence-corrected chi connectivity index (χ0v) is 12.0. The molecule has 0 spiro atoms. The maximum Gasteiger partial charge on any atom is 0.312 e. The predicted molar refractivity (Wildman–Crippen MR) is 76.5 cm³/mol. The number of azide groups is 1. The van der Waals surface area contributed by atoms with Gasteiger partial charge in [-0.2, -0.15) is 0 Å². The van der Waals surface area contributed by atoms with Crippen molar-refractivity contribution in [2.75, 3.05) is 0 Å². The third kappa shape index (κ3) is 5.05. The fourth-order valence-corrected chi connectivity index (χ4v) is 1.27. The molecule has 5 nitrogen and oxygen atoms in total. The van der Waals surface area contributed by atoms with Crippen molar-refractivity contribution in [3.05, 3.63) is 45.8 Å². The van der Waals surface area contributed by atoms with Gasteiger partial charge in [-0.3, -0.25) is 4.79 Å². The highest BCUT2D eigenvalue weighted by Crippen LogP contribution is 2.16. The lowest BCUT2D eigenvalue weighted by Crippen LogP contribution is -2.26. The summed E-state index contributed by atoms with van der Waals surface area (Å²) in [5, 5.41) is 3.38. The molecule has 20 heavy (non-hydrogen) atoms. The third-order valence-electron chi connectivity index (χ3n) is 2.35. The molecule has 0 heterocycles. The summed E-state index contributed by atoms with van der Waals surface area (Å²) in [7, 11) is 0. The second-order valence-electron chi connectivity index (χ2n) is 5.35. The number of ether oxygens (including phenoxy) is 1. The first-order chi connectivity index (χ1) is 9.32. The minimum absolute atomic E-state index is 0.464. The number of hydrogen-bond donors (Lipinski definition) is 0. The molecular weight excluding hydrogens is 254 g/mol. The molecule has 104 valence electrons. The number of carbonyl (C=O) groups is 1. The molecule has 1 rings (SSSR count). The average Bonchev–Trinajstić information content (AvgIpc) is 2.35. The van der Waals surface area contributed by atoms with E-state index in [-0.39, 0.29) is 0 Å². The topological polar surface area (TPSA) is 75.1 Å². The Morgan fingerprint density at radius 2 is 2.15 bits per heavy atom. The van der Waals surface area contributed by atoms with E-state index in [2.05, 4.69) is 21.9 Å². The number of hydrogen-bond acceptors (Lipinski definition) is 3. The number of carbonyl (C=O) groups excluding carboxylic acids is 1. The van der Waals surface area contributed by atoms with E-state index in [9.17, 15) is 4.79 Å². The summed E-state index contributed by atoms with van der Waals surface area (Å²) in [5.74, 6) is 5.02. The van der Waals surface area contributed by atoms with Gasteiger partial charge in [0, 0.05) is 10.5 Å². The molecule has 0 N–H and O–H groups in total. The molecule has 0 aromatic heterocycles. The van der Waals surface area contributed by atoms with Gasteiger partial charge in [-0.25, -0.2) is 0 Å². The van der Waals surface area contributed by atoms with Gasteiger partial charge in [-0.15, -0.1) is 0 Å². The molecule has 0 amide bonds. The second-order valence-corrected chi connectivity index (χ2v) is 5.35. The molecule has 0 bridgehead atoms. The maximum absolute atomic E-state index is 11.7. The first kappa shape index (κ1) is 15.6. The summed E-state index contributed by atoms with van der Waals surface area (Å²) in [6.45, 7) is 7.11. The number of esters is 1. The van der Waals surface area contributed by atoms with E-state index in [0.717, 1.165) is 11.1 Å². The fourth-order valence-electron chi connectivity index (χ4n) is 1.27. The van der Waals surface area contributed by atoms with Crippen LogP contribution in [0.4, 0.5) is 0 Å². The second kappa shape index (κ2) is 6.65. The van der Waals surface area contributed by atoms with Gasteiger partial charge in [-0.1, -0.05) is 18.1 Å². The molecule has 1 aromatic carbocycles. The molecule has 0 fully saturated rings. The lowest BCUT2D eigenvalue weighted by Gasteiger charge is -2.17. The molecule has 1 aromatic rings. The summed E-state index contributed by atoms with van der Waals surface area (Å²) >= 11 is 0. The number of nitrogens with zero attached hydrogens (tertiary/aromatic N) is 3. The smallest absolute Gasteiger partial charge is 0.312 e. The van der Waals surface area contributed by atoms with E-state index in [1.54, 1.807) is 20.8 Å². The monoisotopic (exact) mass is 271 g/mol. The average molecular weight is 271 g/mol. The molecule has 5 heteroatoms. The summed E-state index contributed by atoms with van der Waals surface area (Å²) in [5.41, 5.74) is 9.67. The largest absolute Gasteiger partial charge is 0.442 e. The first-order valence-corrected chi connectivity index (χ1v) is 6.16. The van der Waals surface area contributed by atoms with Gasteiger partial charge in [0.15, 0.2) is 0 Å². The number of aryl methyl sites for hydroxylation is 1. The van der Waals surface area contributed by atoms with Crippen molar-refractivity contribution in [1.29, 1.82) is 0 Å². The lowest BCUT2D eigenvalue weighted by molar-refractivity contribution is -0.155. The molecule has 0 saturated heterocycles. The Morgan fingerprint density at radius 3 is 2.70 bits per heavy atom. The van der Waals surface area contributed by atoms with Crippen LogP contribution in [-0.2, 0) is 9.53 Å². The summed E-state index contributed by atoms with van der Waals surface area (Å²) in [6.07, 6.45) is -1.12. The van der Waals surface area contributed by atoms with Crippen LogP contribution in [0.3, 0.4) is 0 Å². The van der Waals surface area contributed by atoms with Gasteiger partial charge in [0.2, 0.25) is 6.23 Å². The zero-order valence-electron chi connectivity index (χ0n) is 12.0. The van der Waals surface area contributed by atoms with E-state index in [1.165, 1.54) is 0 Å². The normalized spacial score (nSPS) is 11.6. The van der Waals surface area contributed by atoms with Gasteiger partial charge in [0.1, 0.15) is 0 Å². The van der Waals surface area contributed by atoms with Gasteiger partial charge in [0.05, 0.1) is 5.41 Å². The van der Waals surface area contributed by atoms with E-state index in [4.69, 9.17) is 10.3 Å². The van der Waals surface area contributed by atoms with Crippen LogP contribution in [0, 0.1) is 24.2 Å². The maximum atomic E-state index is 11.7. The molecule has 0 aliphatic carbocycles.